The lowest BCUT2D eigenvalue weighted by Crippen LogP contribution is -2.40. The molecule has 1 saturated heterocycles. The molecule has 4 saturated carbocycles. The highest BCUT2D eigenvalue weighted by atomic mass is 16.7. The van der Waals surface area contributed by atoms with Crippen molar-refractivity contribution >= 4 is 5.97 Å². The molecule has 0 N–H and O–H groups in total. The highest BCUT2D eigenvalue weighted by Gasteiger charge is 2.67. The minimum absolute atomic E-state index is 0.0743. The van der Waals surface area contributed by atoms with E-state index in [1.165, 1.54) is 25.7 Å². The number of carbonyl (C=O) groups is 1. The third-order valence-electron chi connectivity index (χ3n) is 8.20. The lowest BCUT2D eigenvalue weighted by Gasteiger charge is -2.37. The van der Waals surface area contributed by atoms with Crippen LogP contribution >= 0.6 is 0 Å². The van der Waals surface area contributed by atoms with Crippen LogP contribution in [0.3, 0.4) is 0 Å². The van der Waals surface area contributed by atoms with E-state index in [9.17, 15) is 4.79 Å². The summed E-state index contributed by atoms with van der Waals surface area (Å²) in [6.45, 7) is 13.7. The van der Waals surface area contributed by atoms with Crippen LogP contribution < -0.4 is 0 Å². The molecule has 4 heteroatoms. The van der Waals surface area contributed by atoms with Crippen LogP contribution in [0, 0.1) is 39.9 Å². The standard InChI is InChI=1S/C23H38O4/c1-14(2)22(6,13-21(3,4)5)19(24)25-11-18-12-26-20(27-18)23-9-15-7-17(23)8-16(15)10-23/h14-18,20H,7-13H2,1-6H3. The second kappa shape index (κ2) is 6.45. The zero-order chi connectivity index (χ0) is 19.6. The van der Waals surface area contributed by atoms with Crippen molar-refractivity contribution in [1.29, 1.82) is 0 Å². The van der Waals surface area contributed by atoms with Crippen LogP contribution in [0.4, 0.5) is 0 Å². The van der Waals surface area contributed by atoms with Gasteiger partial charge >= 0.3 is 5.97 Å². The summed E-state index contributed by atoms with van der Waals surface area (Å²) in [5.41, 5.74) is -0.120. The van der Waals surface area contributed by atoms with Crippen molar-refractivity contribution in [3.05, 3.63) is 0 Å². The van der Waals surface area contributed by atoms with Crippen molar-refractivity contribution in [2.45, 2.75) is 86.0 Å². The Bertz CT molecular complexity index is 578. The summed E-state index contributed by atoms with van der Waals surface area (Å²) in [6, 6.07) is 0. The molecule has 5 atom stereocenters. The van der Waals surface area contributed by atoms with Gasteiger partial charge in [0.15, 0.2) is 6.29 Å². The summed E-state index contributed by atoms with van der Waals surface area (Å²) in [5.74, 6) is 2.78. The molecule has 0 aromatic carbocycles. The second-order valence-electron chi connectivity index (χ2n) is 11.7. The van der Waals surface area contributed by atoms with Crippen molar-refractivity contribution in [2.24, 2.45) is 39.9 Å². The van der Waals surface area contributed by atoms with Crippen LogP contribution in [0.1, 0.15) is 73.6 Å². The summed E-state index contributed by atoms with van der Waals surface area (Å²) in [6.07, 6.45) is 5.97. The maximum Gasteiger partial charge on any atom is 0.312 e. The van der Waals surface area contributed by atoms with Gasteiger partial charge in [0.05, 0.1) is 12.0 Å². The maximum absolute atomic E-state index is 12.9. The Labute approximate surface area is 164 Å². The highest BCUT2D eigenvalue weighted by Crippen LogP contribution is 2.72. The first kappa shape index (κ1) is 19.7. The molecule has 27 heavy (non-hydrogen) atoms. The summed E-state index contributed by atoms with van der Waals surface area (Å²) >= 11 is 0. The summed E-state index contributed by atoms with van der Waals surface area (Å²) in [4.78, 5) is 12.9. The van der Waals surface area contributed by atoms with Gasteiger partial charge in [-0.05, 0) is 68.1 Å². The fourth-order valence-electron chi connectivity index (χ4n) is 6.74. The van der Waals surface area contributed by atoms with E-state index in [2.05, 4.69) is 34.6 Å². The SMILES string of the molecule is CC(C)C(C)(CC(C)(C)C)C(=O)OCC1COC(C23CC4CC2CC4C3)O1. The number of hydrogen-bond donors (Lipinski definition) is 0. The van der Waals surface area contributed by atoms with Gasteiger partial charge in [0.25, 0.3) is 0 Å². The molecular weight excluding hydrogens is 340 g/mol. The Morgan fingerprint density at radius 2 is 1.78 bits per heavy atom. The smallest absolute Gasteiger partial charge is 0.312 e. The first-order chi connectivity index (χ1) is 12.5. The number of carbonyl (C=O) groups excluding carboxylic acids is 1. The quantitative estimate of drug-likeness (QED) is 0.623. The van der Waals surface area contributed by atoms with E-state index in [1.807, 2.05) is 6.92 Å². The van der Waals surface area contributed by atoms with Crippen molar-refractivity contribution in [2.75, 3.05) is 13.2 Å². The minimum Gasteiger partial charge on any atom is -0.462 e. The molecule has 0 aromatic rings. The fourth-order valence-corrected chi connectivity index (χ4v) is 6.74. The summed E-state index contributed by atoms with van der Waals surface area (Å²) in [5, 5.41) is 0. The lowest BCUT2D eigenvalue weighted by molar-refractivity contribution is -0.171. The Balaban J connectivity index is 1.32. The van der Waals surface area contributed by atoms with Crippen LogP contribution in [-0.4, -0.2) is 31.6 Å². The van der Waals surface area contributed by atoms with Gasteiger partial charge < -0.3 is 14.2 Å². The monoisotopic (exact) mass is 378 g/mol. The van der Waals surface area contributed by atoms with Crippen LogP contribution in [0.5, 0.6) is 0 Å². The Kier molecular flexibility index (Phi) is 4.71. The van der Waals surface area contributed by atoms with Gasteiger partial charge in [-0.3, -0.25) is 4.79 Å². The molecule has 154 valence electrons. The summed E-state index contributed by atoms with van der Waals surface area (Å²) in [7, 11) is 0. The van der Waals surface area contributed by atoms with Crippen LogP contribution in [0.15, 0.2) is 0 Å². The molecule has 4 nitrogen and oxygen atoms in total. The molecule has 5 aliphatic rings. The molecule has 5 unspecified atom stereocenters. The average Bonchev–Trinajstić information content (AvgIpc) is 3.31. The van der Waals surface area contributed by atoms with Crippen LogP contribution in [-0.2, 0) is 19.0 Å². The topological polar surface area (TPSA) is 44.8 Å². The number of esters is 1. The second-order valence-corrected chi connectivity index (χ2v) is 11.7. The van der Waals surface area contributed by atoms with Crippen molar-refractivity contribution < 1.29 is 19.0 Å². The van der Waals surface area contributed by atoms with Gasteiger partial charge in [0, 0.05) is 5.41 Å². The molecule has 4 bridgehead atoms. The Morgan fingerprint density at radius 1 is 1.15 bits per heavy atom. The van der Waals surface area contributed by atoms with Crippen LogP contribution in [0.25, 0.3) is 0 Å². The molecule has 0 amide bonds. The normalized spacial score (nSPS) is 42.3. The predicted octanol–water partition coefficient (Wildman–Crippen LogP) is 4.81. The van der Waals surface area contributed by atoms with Crippen molar-refractivity contribution in [3.63, 3.8) is 0 Å². The Hall–Kier alpha value is -0.610. The van der Waals surface area contributed by atoms with Crippen molar-refractivity contribution in [3.8, 4) is 0 Å². The fraction of sp³-hybridized carbons (Fsp3) is 0.957. The predicted molar refractivity (Wildman–Crippen MR) is 104 cm³/mol. The molecule has 0 aromatic heterocycles. The number of hydrogen-bond acceptors (Lipinski definition) is 4. The maximum atomic E-state index is 12.9. The molecular formula is C23H38O4. The third kappa shape index (κ3) is 3.25. The van der Waals surface area contributed by atoms with E-state index >= 15 is 0 Å². The van der Waals surface area contributed by atoms with E-state index in [0.29, 0.717) is 13.2 Å². The molecule has 0 spiro atoms. The Morgan fingerprint density at radius 3 is 2.26 bits per heavy atom. The van der Waals surface area contributed by atoms with Gasteiger partial charge in [0.2, 0.25) is 0 Å². The van der Waals surface area contributed by atoms with Crippen molar-refractivity contribution in [1.82, 2.24) is 0 Å². The van der Waals surface area contributed by atoms with E-state index in [4.69, 9.17) is 14.2 Å². The number of rotatable bonds is 6. The molecule has 0 radical (unpaired) electrons. The highest BCUT2D eigenvalue weighted by molar-refractivity contribution is 5.76. The molecule has 5 rings (SSSR count). The van der Waals surface area contributed by atoms with Gasteiger partial charge in [-0.15, -0.1) is 0 Å². The molecule has 5 fully saturated rings. The largest absolute Gasteiger partial charge is 0.462 e. The van der Waals surface area contributed by atoms with Crippen LogP contribution in [0.2, 0.25) is 0 Å². The minimum atomic E-state index is -0.471. The molecule has 1 heterocycles. The van der Waals surface area contributed by atoms with Gasteiger partial charge in [-0.1, -0.05) is 34.6 Å². The third-order valence-corrected chi connectivity index (χ3v) is 8.20. The first-order valence-corrected chi connectivity index (χ1v) is 11.0. The van der Waals surface area contributed by atoms with E-state index in [1.54, 1.807) is 0 Å². The van der Waals surface area contributed by atoms with Gasteiger partial charge in [-0.25, -0.2) is 0 Å². The first-order valence-electron chi connectivity index (χ1n) is 11.0. The molecule has 4 aliphatic carbocycles. The van der Waals surface area contributed by atoms with Gasteiger partial charge in [-0.2, -0.15) is 0 Å². The number of ether oxygens (including phenoxy) is 3. The van der Waals surface area contributed by atoms with E-state index in [0.717, 1.165) is 24.2 Å². The molecule has 1 aliphatic heterocycles. The van der Waals surface area contributed by atoms with E-state index < -0.39 is 5.41 Å². The summed E-state index contributed by atoms with van der Waals surface area (Å²) < 4.78 is 18.2. The van der Waals surface area contributed by atoms with E-state index in [-0.39, 0.29) is 35.1 Å². The zero-order valence-corrected chi connectivity index (χ0v) is 18.0. The van der Waals surface area contributed by atoms with Gasteiger partial charge in [0.1, 0.15) is 12.7 Å². The zero-order valence-electron chi connectivity index (χ0n) is 18.0. The lowest BCUT2D eigenvalue weighted by atomic mass is 9.69. The average molecular weight is 379 g/mol.